The number of carboxylic acids is 1. The first kappa shape index (κ1) is 17.8. The van der Waals surface area contributed by atoms with Crippen molar-refractivity contribution in [2.45, 2.75) is 32.7 Å². The monoisotopic (exact) mass is 382 g/mol. The molecule has 3 atom stereocenters. The first-order valence-corrected chi connectivity index (χ1v) is 8.67. The van der Waals surface area contributed by atoms with Crippen LogP contribution in [-0.2, 0) is 11.2 Å². The predicted molar refractivity (Wildman–Crippen MR) is 92.3 cm³/mol. The molecule has 2 amide bonds. The van der Waals surface area contributed by atoms with Crippen molar-refractivity contribution in [1.82, 2.24) is 10.2 Å². The average Bonchev–Trinajstić information content (AvgIpc) is 2.48. The fourth-order valence-corrected chi connectivity index (χ4v) is 3.49. The third kappa shape index (κ3) is 4.96. The second-order valence-electron chi connectivity index (χ2n) is 6.43. The second kappa shape index (κ2) is 7.81. The largest absolute Gasteiger partial charge is 0.481 e. The van der Waals surface area contributed by atoms with Crippen LogP contribution in [0, 0.1) is 11.8 Å². The lowest BCUT2D eigenvalue weighted by atomic mass is 9.91. The van der Waals surface area contributed by atoms with Crippen LogP contribution in [0.2, 0.25) is 0 Å². The molecule has 126 valence electrons. The molecule has 1 aliphatic heterocycles. The predicted octanol–water partition coefficient (Wildman–Crippen LogP) is 3.13. The first-order valence-electron chi connectivity index (χ1n) is 7.88. The average molecular weight is 383 g/mol. The number of benzene rings is 1. The minimum absolute atomic E-state index is 0.0262. The third-order valence-electron chi connectivity index (χ3n) is 4.15. The number of carbonyl (C=O) groups is 2. The van der Waals surface area contributed by atoms with Gasteiger partial charge in [0.2, 0.25) is 0 Å². The molecule has 1 aromatic carbocycles. The van der Waals surface area contributed by atoms with Gasteiger partial charge in [-0.1, -0.05) is 41.1 Å². The van der Waals surface area contributed by atoms with Crippen LogP contribution in [0.15, 0.2) is 28.7 Å². The topological polar surface area (TPSA) is 69.6 Å². The Labute approximate surface area is 145 Å². The molecule has 23 heavy (non-hydrogen) atoms. The Morgan fingerprint density at radius 1 is 1.39 bits per heavy atom. The van der Waals surface area contributed by atoms with Gasteiger partial charge < -0.3 is 15.3 Å². The molecule has 6 heteroatoms. The molecular weight excluding hydrogens is 360 g/mol. The van der Waals surface area contributed by atoms with Crippen LogP contribution in [0.3, 0.4) is 0 Å². The van der Waals surface area contributed by atoms with E-state index in [1.165, 1.54) is 0 Å². The molecule has 0 radical (unpaired) electrons. The number of nitrogens with one attached hydrogen (secondary N) is 1. The van der Waals surface area contributed by atoms with Gasteiger partial charge in [0.1, 0.15) is 0 Å². The summed E-state index contributed by atoms with van der Waals surface area (Å²) in [6.45, 7) is 4.84. The minimum atomic E-state index is -0.824. The molecule has 1 aromatic rings. The highest BCUT2D eigenvalue weighted by molar-refractivity contribution is 9.10. The third-order valence-corrected chi connectivity index (χ3v) is 4.92. The number of aliphatic carboxylic acids is 1. The van der Waals surface area contributed by atoms with Gasteiger partial charge in [0, 0.05) is 23.6 Å². The fourth-order valence-electron chi connectivity index (χ4n) is 3.04. The Kier molecular flexibility index (Phi) is 6.04. The summed E-state index contributed by atoms with van der Waals surface area (Å²) in [6, 6.07) is 7.73. The summed E-state index contributed by atoms with van der Waals surface area (Å²) in [7, 11) is 0. The van der Waals surface area contributed by atoms with Crippen molar-refractivity contribution in [1.29, 1.82) is 0 Å². The van der Waals surface area contributed by atoms with Gasteiger partial charge in [-0.25, -0.2) is 4.79 Å². The number of rotatable bonds is 4. The molecule has 0 bridgehead atoms. The summed E-state index contributed by atoms with van der Waals surface area (Å²) < 4.78 is 1.03. The maximum atomic E-state index is 12.4. The quantitative estimate of drug-likeness (QED) is 0.840. The van der Waals surface area contributed by atoms with E-state index in [-0.39, 0.29) is 24.5 Å². The Morgan fingerprint density at radius 2 is 2.09 bits per heavy atom. The molecular formula is C17H23BrN2O3. The molecule has 1 heterocycles. The molecule has 3 unspecified atom stereocenters. The van der Waals surface area contributed by atoms with E-state index in [0.29, 0.717) is 13.0 Å². The van der Waals surface area contributed by atoms with Gasteiger partial charge >= 0.3 is 12.0 Å². The Bertz CT molecular complexity index is 579. The van der Waals surface area contributed by atoms with Crippen molar-refractivity contribution >= 4 is 27.9 Å². The number of carboxylic acid groups (broad SMARTS) is 1. The van der Waals surface area contributed by atoms with Crippen LogP contribution in [0.5, 0.6) is 0 Å². The zero-order valence-electron chi connectivity index (χ0n) is 13.5. The zero-order chi connectivity index (χ0) is 17.0. The number of likely N-dealkylation sites (tertiary alicyclic amines) is 1. The standard InChI is InChI=1S/C17H23BrN2O3/c1-11-7-14(16(21)22)10-20(9-11)17(23)19-12(2)8-13-5-3-4-6-15(13)18/h3-6,11-12,14H,7-10H2,1-2H3,(H,19,23)(H,21,22). The summed E-state index contributed by atoms with van der Waals surface area (Å²) in [5, 5.41) is 12.2. The highest BCUT2D eigenvalue weighted by Crippen LogP contribution is 2.22. The summed E-state index contributed by atoms with van der Waals surface area (Å²) in [5.41, 5.74) is 1.13. The number of halogens is 1. The van der Waals surface area contributed by atoms with Gasteiger partial charge in [-0.15, -0.1) is 0 Å². The van der Waals surface area contributed by atoms with Crippen LogP contribution >= 0.6 is 15.9 Å². The van der Waals surface area contributed by atoms with E-state index in [0.717, 1.165) is 16.5 Å². The van der Waals surface area contributed by atoms with E-state index in [1.807, 2.05) is 38.1 Å². The molecule has 5 nitrogen and oxygen atoms in total. The molecule has 0 spiro atoms. The highest BCUT2D eigenvalue weighted by atomic mass is 79.9. The number of hydrogen-bond donors (Lipinski definition) is 2. The van der Waals surface area contributed by atoms with Crippen molar-refractivity contribution in [3.8, 4) is 0 Å². The van der Waals surface area contributed by atoms with Crippen molar-refractivity contribution in [3.05, 3.63) is 34.3 Å². The molecule has 2 rings (SSSR count). The maximum Gasteiger partial charge on any atom is 0.317 e. The van der Waals surface area contributed by atoms with E-state index in [9.17, 15) is 14.7 Å². The maximum absolute atomic E-state index is 12.4. The SMILES string of the molecule is CC1CC(C(=O)O)CN(C(=O)NC(C)Cc2ccccc2Br)C1. The van der Waals surface area contributed by atoms with Crippen LogP contribution in [0.1, 0.15) is 25.8 Å². The second-order valence-corrected chi connectivity index (χ2v) is 7.28. The van der Waals surface area contributed by atoms with Gasteiger partial charge in [0.25, 0.3) is 0 Å². The molecule has 1 fully saturated rings. The van der Waals surface area contributed by atoms with Gasteiger partial charge in [-0.05, 0) is 37.3 Å². The lowest BCUT2D eigenvalue weighted by Gasteiger charge is -2.35. The molecule has 0 saturated carbocycles. The fraction of sp³-hybridized carbons (Fsp3) is 0.529. The zero-order valence-corrected chi connectivity index (χ0v) is 15.0. The molecule has 0 aliphatic carbocycles. The first-order chi connectivity index (χ1) is 10.9. The van der Waals surface area contributed by atoms with E-state index in [1.54, 1.807) is 4.90 Å². The Hall–Kier alpha value is -1.56. The normalized spacial score (nSPS) is 22.5. The Balaban J connectivity index is 1.92. The van der Waals surface area contributed by atoms with E-state index in [2.05, 4.69) is 21.2 Å². The van der Waals surface area contributed by atoms with Crippen molar-refractivity contribution in [2.24, 2.45) is 11.8 Å². The number of urea groups is 1. The van der Waals surface area contributed by atoms with Gasteiger partial charge in [-0.3, -0.25) is 4.79 Å². The van der Waals surface area contributed by atoms with Gasteiger partial charge in [-0.2, -0.15) is 0 Å². The lowest BCUT2D eigenvalue weighted by molar-refractivity contribution is -0.143. The van der Waals surface area contributed by atoms with Crippen LogP contribution in [0.4, 0.5) is 4.79 Å². The number of piperidine rings is 1. The highest BCUT2D eigenvalue weighted by Gasteiger charge is 2.32. The number of nitrogens with zero attached hydrogens (tertiary/aromatic N) is 1. The lowest BCUT2D eigenvalue weighted by Crippen LogP contribution is -2.51. The summed E-state index contributed by atoms with van der Waals surface area (Å²) in [6.07, 6.45) is 1.35. The van der Waals surface area contributed by atoms with E-state index in [4.69, 9.17) is 0 Å². The molecule has 1 saturated heterocycles. The molecule has 2 N–H and O–H groups in total. The van der Waals surface area contributed by atoms with Crippen LogP contribution < -0.4 is 5.32 Å². The summed E-state index contributed by atoms with van der Waals surface area (Å²) in [5.74, 6) is -1.09. The van der Waals surface area contributed by atoms with Crippen LogP contribution in [0.25, 0.3) is 0 Å². The van der Waals surface area contributed by atoms with Crippen molar-refractivity contribution in [2.75, 3.05) is 13.1 Å². The molecule has 0 aromatic heterocycles. The smallest absolute Gasteiger partial charge is 0.317 e. The van der Waals surface area contributed by atoms with Crippen LogP contribution in [-0.4, -0.2) is 41.1 Å². The number of hydrogen-bond acceptors (Lipinski definition) is 2. The summed E-state index contributed by atoms with van der Waals surface area (Å²) in [4.78, 5) is 25.2. The Morgan fingerprint density at radius 3 is 2.74 bits per heavy atom. The minimum Gasteiger partial charge on any atom is -0.481 e. The van der Waals surface area contributed by atoms with E-state index >= 15 is 0 Å². The van der Waals surface area contributed by atoms with Crippen molar-refractivity contribution < 1.29 is 14.7 Å². The number of carbonyl (C=O) groups excluding carboxylic acids is 1. The number of amides is 2. The van der Waals surface area contributed by atoms with Crippen molar-refractivity contribution in [3.63, 3.8) is 0 Å². The summed E-state index contributed by atoms with van der Waals surface area (Å²) >= 11 is 3.51. The van der Waals surface area contributed by atoms with Gasteiger partial charge in [0.05, 0.1) is 5.92 Å². The molecule has 1 aliphatic rings. The van der Waals surface area contributed by atoms with Gasteiger partial charge in [0.15, 0.2) is 0 Å². The van der Waals surface area contributed by atoms with E-state index < -0.39 is 11.9 Å².